The molecule has 0 unspecified atom stereocenters. The molecular weight excluding hydrogens is 321 g/mol. The third-order valence-electron chi connectivity index (χ3n) is 3.67. The topological polar surface area (TPSA) is 48.4 Å². The molecule has 0 spiro atoms. The second-order valence-electron chi connectivity index (χ2n) is 5.31. The van der Waals surface area contributed by atoms with Crippen LogP contribution in [0.2, 0.25) is 0 Å². The maximum atomic E-state index is 14.5. The Balaban J connectivity index is 1.77. The number of benzene rings is 2. The second-order valence-corrected chi connectivity index (χ2v) is 5.31. The highest BCUT2D eigenvalue weighted by molar-refractivity contribution is 5.90. The zero-order valence-corrected chi connectivity index (χ0v) is 13.6. The molecule has 0 bridgehead atoms. The van der Waals surface area contributed by atoms with Gasteiger partial charge < -0.3 is 9.47 Å². The first kappa shape index (κ1) is 16.6. The summed E-state index contributed by atoms with van der Waals surface area (Å²) < 4.78 is 24.7. The van der Waals surface area contributed by atoms with E-state index in [2.05, 4.69) is 9.72 Å². The Kier molecular flexibility index (Phi) is 5.04. The molecule has 126 valence electrons. The lowest BCUT2D eigenvalue weighted by Gasteiger charge is -2.09. The Labute approximate surface area is 144 Å². The van der Waals surface area contributed by atoms with Crippen molar-refractivity contribution in [1.82, 2.24) is 4.98 Å². The van der Waals surface area contributed by atoms with Crippen molar-refractivity contribution in [2.75, 3.05) is 7.11 Å². The second kappa shape index (κ2) is 7.57. The molecule has 0 saturated heterocycles. The highest BCUT2D eigenvalue weighted by Crippen LogP contribution is 2.25. The summed E-state index contributed by atoms with van der Waals surface area (Å²) in [5.74, 6) is -0.770. The van der Waals surface area contributed by atoms with E-state index >= 15 is 0 Å². The zero-order chi connectivity index (χ0) is 17.6. The van der Waals surface area contributed by atoms with Gasteiger partial charge in [0.05, 0.1) is 12.7 Å². The molecule has 0 aliphatic rings. The number of ether oxygens (including phenoxy) is 2. The van der Waals surface area contributed by atoms with Gasteiger partial charge in [-0.15, -0.1) is 0 Å². The zero-order valence-electron chi connectivity index (χ0n) is 13.6. The number of carbonyl (C=O) groups is 1. The van der Waals surface area contributed by atoms with Gasteiger partial charge in [0.1, 0.15) is 18.1 Å². The van der Waals surface area contributed by atoms with Gasteiger partial charge in [0.25, 0.3) is 0 Å². The molecule has 1 heterocycles. The number of rotatable bonds is 5. The Bertz CT molecular complexity index is 864. The highest BCUT2D eigenvalue weighted by atomic mass is 19.1. The molecule has 0 aliphatic carbocycles. The lowest BCUT2D eigenvalue weighted by Crippen LogP contribution is -2.06. The fourth-order valence-corrected chi connectivity index (χ4v) is 2.36. The first-order chi connectivity index (χ1) is 12.2. The van der Waals surface area contributed by atoms with Gasteiger partial charge in [-0.3, -0.25) is 4.98 Å². The molecule has 4 nitrogen and oxygen atoms in total. The van der Waals surface area contributed by atoms with Gasteiger partial charge in [0.15, 0.2) is 5.82 Å². The smallest absolute Gasteiger partial charge is 0.340 e. The van der Waals surface area contributed by atoms with Crippen molar-refractivity contribution in [3.8, 4) is 17.0 Å². The van der Waals surface area contributed by atoms with E-state index in [1.165, 1.54) is 19.4 Å². The minimum Gasteiger partial charge on any atom is -0.489 e. The molecular formula is C20H16FNO3. The molecule has 25 heavy (non-hydrogen) atoms. The van der Waals surface area contributed by atoms with Crippen LogP contribution in [0, 0.1) is 5.82 Å². The number of halogens is 1. The van der Waals surface area contributed by atoms with Gasteiger partial charge in [0, 0.05) is 11.8 Å². The van der Waals surface area contributed by atoms with Crippen LogP contribution in [-0.2, 0) is 11.3 Å². The number of esters is 1. The lowest BCUT2D eigenvalue weighted by molar-refractivity contribution is 0.0595. The van der Waals surface area contributed by atoms with Gasteiger partial charge in [-0.25, -0.2) is 9.18 Å². The Hall–Kier alpha value is -3.21. The van der Waals surface area contributed by atoms with E-state index in [0.717, 1.165) is 5.56 Å². The quantitative estimate of drug-likeness (QED) is 0.653. The average molecular weight is 337 g/mol. The fourth-order valence-electron chi connectivity index (χ4n) is 2.36. The minimum absolute atomic E-state index is 0.0949. The van der Waals surface area contributed by atoms with E-state index in [1.807, 2.05) is 30.3 Å². The summed E-state index contributed by atoms with van der Waals surface area (Å²) in [6.07, 6.45) is 1.38. The molecule has 0 saturated carbocycles. The third kappa shape index (κ3) is 3.83. The van der Waals surface area contributed by atoms with Crippen molar-refractivity contribution in [2.45, 2.75) is 6.61 Å². The van der Waals surface area contributed by atoms with E-state index in [-0.39, 0.29) is 11.3 Å². The first-order valence-electron chi connectivity index (χ1n) is 7.69. The first-order valence-corrected chi connectivity index (χ1v) is 7.69. The van der Waals surface area contributed by atoms with Crippen LogP contribution in [-0.4, -0.2) is 18.1 Å². The van der Waals surface area contributed by atoms with Crippen LogP contribution in [0.5, 0.6) is 5.75 Å². The monoisotopic (exact) mass is 337 g/mol. The number of pyridine rings is 1. The fraction of sp³-hybridized carbons (Fsp3) is 0.100. The van der Waals surface area contributed by atoms with Crippen LogP contribution < -0.4 is 4.74 Å². The molecule has 3 aromatic rings. The summed E-state index contributed by atoms with van der Waals surface area (Å²) in [4.78, 5) is 15.6. The normalized spacial score (nSPS) is 10.3. The molecule has 0 fully saturated rings. The Morgan fingerprint density at radius 2 is 1.76 bits per heavy atom. The number of hydrogen-bond donors (Lipinski definition) is 0. The SMILES string of the molecule is COC(=O)c1ccnc(-c2ccc(OCc3ccccc3)cc2)c1F. The number of hydrogen-bond acceptors (Lipinski definition) is 4. The average Bonchev–Trinajstić information content (AvgIpc) is 2.67. The van der Waals surface area contributed by atoms with E-state index in [1.54, 1.807) is 24.3 Å². The maximum absolute atomic E-state index is 14.5. The van der Waals surface area contributed by atoms with Gasteiger partial charge in [-0.05, 0) is 35.9 Å². The molecule has 3 rings (SSSR count). The molecule has 0 radical (unpaired) electrons. The molecule has 5 heteroatoms. The highest BCUT2D eigenvalue weighted by Gasteiger charge is 2.17. The predicted octanol–water partition coefficient (Wildman–Crippen LogP) is 4.25. The number of aromatic nitrogens is 1. The summed E-state index contributed by atoms with van der Waals surface area (Å²) in [6, 6.07) is 18.0. The van der Waals surface area contributed by atoms with Gasteiger partial charge in [-0.1, -0.05) is 30.3 Å². The Morgan fingerprint density at radius 1 is 1.04 bits per heavy atom. The van der Waals surface area contributed by atoms with E-state index in [4.69, 9.17) is 4.74 Å². The third-order valence-corrected chi connectivity index (χ3v) is 3.67. The Morgan fingerprint density at radius 3 is 2.44 bits per heavy atom. The molecule has 0 atom stereocenters. The van der Waals surface area contributed by atoms with Crippen molar-refractivity contribution < 1.29 is 18.7 Å². The predicted molar refractivity (Wildman–Crippen MR) is 91.7 cm³/mol. The van der Waals surface area contributed by atoms with Crippen LogP contribution in [0.15, 0.2) is 66.9 Å². The summed E-state index contributed by atoms with van der Waals surface area (Å²) >= 11 is 0. The van der Waals surface area contributed by atoms with Crippen molar-refractivity contribution in [2.24, 2.45) is 0 Å². The van der Waals surface area contributed by atoms with Crippen molar-refractivity contribution in [3.05, 3.63) is 83.8 Å². The van der Waals surface area contributed by atoms with Gasteiger partial charge in [-0.2, -0.15) is 0 Å². The van der Waals surface area contributed by atoms with Gasteiger partial charge in [0.2, 0.25) is 0 Å². The van der Waals surface area contributed by atoms with Crippen molar-refractivity contribution in [1.29, 1.82) is 0 Å². The van der Waals surface area contributed by atoms with Crippen molar-refractivity contribution >= 4 is 5.97 Å². The van der Waals surface area contributed by atoms with Crippen molar-refractivity contribution in [3.63, 3.8) is 0 Å². The van der Waals surface area contributed by atoms with E-state index in [0.29, 0.717) is 17.9 Å². The van der Waals surface area contributed by atoms with E-state index < -0.39 is 11.8 Å². The molecule has 0 N–H and O–H groups in total. The number of nitrogens with zero attached hydrogens (tertiary/aromatic N) is 1. The number of carbonyl (C=O) groups excluding carboxylic acids is 1. The largest absolute Gasteiger partial charge is 0.489 e. The lowest BCUT2D eigenvalue weighted by atomic mass is 10.1. The van der Waals surface area contributed by atoms with Crippen LogP contribution in [0.3, 0.4) is 0 Å². The summed E-state index contributed by atoms with van der Waals surface area (Å²) in [5, 5.41) is 0. The molecule has 0 aliphatic heterocycles. The van der Waals surface area contributed by atoms with Crippen LogP contribution >= 0.6 is 0 Å². The molecule has 2 aromatic carbocycles. The van der Waals surface area contributed by atoms with Crippen LogP contribution in [0.1, 0.15) is 15.9 Å². The van der Waals surface area contributed by atoms with E-state index in [9.17, 15) is 9.18 Å². The standard InChI is InChI=1S/C20H16FNO3/c1-24-20(23)17-11-12-22-19(18(17)21)15-7-9-16(10-8-15)25-13-14-5-3-2-4-6-14/h2-12H,13H2,1H3. The van der Waals surface area contributed by atoms with Gasteiger partial charge >= 0.3 is 5.97 Å². The van der Waals surface area contributed by atoms with Crippen LogP contribution in [0.25, 0.3) is 11.3 Å². The molecule has 1 aromatic heterocycles. The molecule has 0 amide bonds. The maximum Gasteiger partial charge on any atom is 0.340 e. The van der Waals surface area contributed by atoms with Crippen LogP contribution in [0.4, 0.5) is 4.39 Å². The number of methoxy groups -OCH3 is 1. The minimum atomic E-state index is -0.732. The summed E-state index contributed by atoms with van der Waals surface area (Å²) in [7, 11) is 1.21. The summed E-state index contributed by atoms with van der Waals surface area (Å²) in [6.45, 7) is 0.449. The summed E-state index contributed by atoms with van der Waals surface area (Å²) in [5.41, 5.74) is 1.56.